The number of carbonyl (C=O) groups is 1. The number of esters is 1. The second-order valence-corrected chi connectivity index (χ2v) is 9.28. The van der Waals surface area contributed by atoms with Crippen LogP contribution in [0.25, 0.3) is 4.85 Å². The van der Waals surface area contributed by atoms with Gasteiger partial charge in [0.2, 0.25) is 5.75 Å². The van der Waals surface area contributed by atoms with Gasteiger partial charge in [-0.1, -0.05) is 36.9 Å². The van der Waals surface area contributed by atoms with Crippen molar-refractivity contribution in [1.29, 1.82) is 0 Å². The highest BCUT2D eigenvalue weighted by molar-refractivity contribution is 6.30. The molecule has 0 radical (unpaired) electrons. The molecule has 2 aromatic heterocycles. The van der Waals surface area contributed by atoms with Crippen molar-refractivity contribution in [3.05, 3.63) is 101 Å². The van der Waals surface area contributed by atoms with Crippen molar-refractivity contribution in [2.24, 2.45) is 0 Å². The van der Waals surface area contributed by atoms with Gasteiger partial charge in [-0.2, -0.15) is 8.78 Å². The topological polar surface area (TPSA) is 108 Å². The van der Waals surface area contributed by atoms with Gasteiger partial charge in [-0.05, 0) is 42.7 Å². The number of aromatic amines is 1. The van der Waals surface area contributed by atoms with Crippen molar-refractivity contribution in [1.82, 2.24) is 14.5 Å². The van der Waals surface area contributed by atoms with Crippen LogP contribution in [0.2, 0.25) is 5.02 Å². The minimum absolute atomic E-state index is 0.0108. The molecule has 0 spiro atoms. The summed E-state index contributed by atoms with van der Waals surface area (Å²) < 4.78 is 41.7. The number of aromatic nitrogens is 3. The van der Waals surface area contributed by atoms with Crippen molar-refractivity contribution in [3.8, 4) is 17.6 Å². The number of nitrogens with zero attached hydrogens (tertiary/aromatic N) is 3. The maximum absolute atomic E-state index is 15.2. The molecule has 0 atom stereocenters. The largest absolute Gasteiger partial charge is 0.465 e. The lowest BCUT2D eigenvalue weighted by Crippen LogP contribution is -2.29. The Balaban J connectivity index is 2.18. The Labute approximate surface area is 233 Å². The Morgan fingerprint density at radius 2 is 1.98 bits per heavy atom. The average molecular weight is 574 g/mol. The standard InChI is InChI=1S/C28H27ClF2N4O5/c1-6-8-32-13-17-9-19(29)12-20(10-17)40-23-24(28(30,31)16(3)4)33-15-35(26(23)37)14-18-11-21(27(38)39-5)25(36)34-22(18)7-2/h9-12,15H,3,6-8,14H2,1-2,4-5H3/p+1. The average Bonchev–Trinajstić information content (AvgIpc) is 2.90. The molecule has 0 saturated heterocycles. The van der Waals surface area contributed by atoms with Gasteiger partial charge < -0.3 is 14.5 Å². The van der Waals surface area contributed by atoms with E-state index in [1.165, 1.54) is 18.2 Å². The number of benzene rings is 1. The summed E-state index contributed by atoms with van der Waals surface area (Å²) >= 11 is 6.20. The summed E-state index contributed by atoms with van der Waals surface area (Å²) in [5, 5.41) is 0.209. The van der Waals surface area contributed by atoms with E-state index in [1.807, 2.05) is 6.92 Å². The van der Waals surface area contributed by atoms with Crippen molar-refractivity contribution >= 4 is 17.6 Å². The predicted octanol–water partition coefficient (Wildman–Crippen LogP) is 5.53. The van der Waals surface area contributed by atoms with E-state index in [-0.39, 0.29) is 22.9 Å². The molecule has 0 aliphatic heterocycles. The molecule has 0 saturated carbocycles. The number of hydrogen-bond donors (Lipinski definition) is 1. The second-order valence-electron chi connectivity index (χ2n) is 8.84. The molecule has 210 valence electrons. The number of allylic oxidation sites excluding steroid dienone is 1. The first-order valence-electron chi connectivity index (χ1n) is 12.3. The molecule has 0 aliphatic rings. The number of H-pyrrole nitrogens is 1. The zero-order valence-electron chi connectivity index (χ0n) is 22.4. The van der Waals surface area contributed by atoms with Gasteiger partial charge >= 0.3 is 18.0 Å². The molecule has 2 heterocycles. The minimum Gasteiger partial charge on any atom is -0.465 e. The summed E-state index contributed by atoms with van der Waals surface area (Å²) in [7, 11) is 1.13. The Hall–Kier alpha value is -4.30. The van der Waals surface area contributed by atoms with Gasteiger partial charge in [0.05, 0.1) is 20.0 Å². The molecule has 12 heteroatoms. The van der Waals surface area contributed by atoms with Crippen LogP contribution < -0.4 is 15.9 Å². The first kappa shape index (κ1) is 30.2. The van der Waals surface area contributed by atoms with Gasteiger partial charge in [-0.3, -0.25) is 14.2 Å². The first-order valence-corrected chi connectivity index (χ1v) is 12.7. The number of ether oxygens (including phenoxy) is 2. The van der Waals surface area contributed by atoms with E-state index in [2.05, 4.69) is 32.2 Å². The summed E-state index contributed by atoms with van der Waals surface area (Å²) in [6, 6.07) is 8.45. The summed E-state index contributed by atoms with van der Waals surface area (Å²) in [6.07, 6.45) is 2.09. The molecule has 1 N–H and O–H groups in total. The van der Waals surface area contributed by atoms with Crippen LogP contribution >= 0.6 is 11.6 Å². The van der Waals surface area contributed by atoms with Crippen LogP contribution in [0.3, 0.4) is 0 Å². The van der Waals surface area contributed by atoms with Crippen LogP contribution in [-0.2, 0) is 23.6 Å². The lowest BCUT2D eigenvalue weighted by atomic mass is 10.1. The number of alkyl halides is 2. The molecule has 0 aliphatic carbocycles. The summed E-state index contributed by atoms with van der Waals surface area (Å²) in [4.78, 5) is 48.6. The van der Waals surface area contributed by atoms with Crippen LogP contribution in [0.5, 0.6) is 11.5 Å². The van der Waals surface area contributed by atoms with E-state index in [9.17, 15) is 14.4 Å². The highest BCUT2D eigenvalue weighted by Crippen LogP contribution is 2.38. The summed E-state index contributed by atoms with van der Waals surface area (Å²) in [5.74, 6) is -5.32. The van der Waals surface area contributed by atoms with E-state index >= 15 is 8.78 Å². The highest BCUT2D eigenvalue weighted by atomic mass is 35.5. The molecule has 0 fully saturated rings. The number of rotatable bonds is 9. The number of methoxy groups -OCH3 is 1. The van der Waals surface area contributed by atoms with E-state index < -0.39 is 40.0 Å². The zero-order chi connectivity index (χ0) is 29.6. The lowest BCUT2D eigenvalue weighted by Gasteiger charge is -2.20. The smallest absolute Gasteiger partial charge is 0.343 e. The fourth-order valence-corrected chi connectivity index (χ4v) is 3.90. The highest BCUT2D eigenvalue weighted by Gasteiger charge is 2.39. The number of carbonyl (C=O) groups excluding carboxylic acids is 1. The molecule has 40 heavy (non-hydrogen) atoms. The minimum atomic E-state index is -3.70. The maximum Gasteiger partial charge on any atom is 0.343 e. The van der Waals surface area contributed by atoms with Gasteiger partial charge in [0.1, 0.15) is 16.9 Å². The summed E-state index contributed by atoms with van der Waals surface area (Å²) in [5.41, 5.74) is -2.12. The van der Waals surface area contributed by atoms with Gasteiger partial charge in [0.15, 0.2) is 5.69 Å². The Morgan fingerprint density at radius 1 is 1.25 bits per heavy atom. The second kappa shape index (κ2) is 12.7. The van der Waals surface area contributed by atoms with Crippen LogP contribution in [0.15, 0.2) is 52.3 Å². The van der Waals surface area contributed by atoms with Gasteiger partial charge in [0, 0.05) is 23.2 Å². The molecule has 3 aromatic rings. The Kier molecular flexibility index (Phi) is 9.60. The molecule has 3 rings (SSSR count). The molecule has 0 unspecified atom stereocenters. The molecule has 0 amide bonds. The lowest BCUT2D eigenvalue weighted by molar-refractivity contribution is 0.0308. The van der Waals surface area contributed by atoms with Crippen molar-refractivity contribution in [2.75, 3.05) is 13.7 Å². The monoisotopic (exact) mass is 573 g/mol. The quantitative estimate of drug-likeness (QED) is 0.266. The van der Waals surface area contributed by atoms with Crippen LogP contribution in [0.1, 0.15) is 60.1 Å². The third-order valence-corrected chi connectivity index (χ3v) is 6.00. The van der Waals surface area contributed by atoms with E-state index in [0.717, 1.165) is 31.3 Å². The normalized spacial score (nSPS) is 11.0. The number of aryl methyl sites for hydroxylation is 1. The number of halogens is 3. The Morgan fingerprint density at radius 3 is 2.60 bits per heavy atom. The molecule has 1 aromatic carbocycles. The van der Waals surface area contributed by atoms with E-state index in [4.69, 9.17) is 16.3 Å². The van der Waals surface area contributed by atoms with E-state index in [1.54, 1.807) is 13.0 Å². The van der Waals surface area contributed by atoms with Crippen LogP contribution in [0.4, 0.5) is 8.78 Å². The fraction of sp³-hybridized carbons (Fsp3) is 0.321. The molecular formula is C28H28ClF2N4O5+. The first-order chi connectivity index (χ1) is 18.9. The summed E-state index contributed by atoms with van der Waals surface area (Å²) in [6.45, 7) is 8.45. The van der Waals surface area contributed by atoms with Gasteiger partial charge in [-0.25, -0.2) is 9.78 Å². The molecule has 9 nitrogen and oxygen atoms in total. The number of nitrogens with one attached hydrogen (secondary N) is 1. The van der Waals surface area contributed by atoms with E-state index in [0.29, 0.717) is 29.8 Å². The van der Waals surface area contributed by atoms with Crippen molar-refractivity contribution in [3.63, 3.8) is 0 Å². The van der Waals surface area contributed by atoms with Crippen molar-refractivity contribution < 1.29 is 23.0 Å². The maximum atomic E-state index is 15.2. The molecule has 0 bridgehead atoms. The third-order valence-electron chi connectivity index (χ3n) is 5.78. The SMILES string of the molecule is C=C(C)C(F)(F)c1ncn(Cc2cc(C(=O)OC)c(=O)[nH]c2CC)c(=O)c1Oc1cc(Cl)cc(C#[N+]CCC)c1. The number of pyridine rings is 1. The Bertz CT molecular complexity index is 1640. The predicted molar refractivity (Wildman–Crippen MR) is 147 cm³/mol. The van der Waals surface area contributed by atoms with Crippen LogP contribution in [0, 0.1) is 6.07 Å². The third kappa shape index (κ3) is 6.63. The molecular weight excluding hydrogens is 546 g/mol. The van der Waals surface area contributed by atoms with Crippen LogP contribution in [-0.4, -0.2) is 34.2 Å². The van der Waals surface area contributed by atoms with Crippen molar-refractivity contribution in [2.45, 2.75) is 46.1 Å². The number of hydrogen-bond acceptors (Lipinski definition) is 6. The van der Waals surface area contributed by atoms with Gasteiger partial charge in [0.25, 0.3) is 17.7 Å². The fourth-order valence-electron chi connectivity index (χ4n) is 3.68. The van der Waals surface area contributed by atoms with Gasteiger partial charge in [-0.15, -0.1) is 0 Å². The zero-order valence-corrected chi connectivity index (χ0v) is 23.2.